The van der Waals surface area contributed by atoms with E-state index < -0.39 is 0 Å². The number of nitrogens with zero attached hydrogens (tertiary/aromatic N) is 3. The average Bonchev–Trinajstić information content (AvgIpc) is 2.48. The minimum atomic E-state index is -0.232. The highest BCUT2D eigenvalue weighted by Crippen LogP contribution is 2.24. The molecule has 1 aromatic carbocycles. The fourth-order valence-electron chi connectivity index (χ4n) is 3.29. The van der Waals surface area contributed by atoms with Crippen molar-refractivity contribution in [3.8, 4) is 0 Å². The van der Waals surface area contributed by atoms with E-state index in [1.807, 2.05) is 24.3 Å². The van der Waals surface area contributed by atoms with E-state index in [9.17, 15) is 4.79 Å². The summed E-state index contributed by atoms with van der Waals surface area (Å²) in [6.45, 7) is 9.16. The first-order valence-electron chi connectivity index (χ1n) is 8.12. The molecular formula is C17H25N5O. The summed E-state index contributed by atoms with van der Waals surface area (Å²) in [5.74, 6) is 0.0525. The van der Waals surface area contributed by atoms with E-state index in [0.29, 0.717) is 0 Å². The van der Waals surface area contributed by atoms with Crippen LogP contribution in [0.5, 0.6) is 0 Å². The van der Waals surface area contributed by atoms with Crippen LogP contribution in [0.25, 0.3) is 11.0 Å². The first-order chi connectivity index (χ1) is 10.9. The lowest BCUT2D eigenvalue weighted by Crippen LogP contribution is -2.60. The van der Waals surface area contributed by atoms with Crippen molar-refractivity contribution in [2.75, 3.05) is 30.4 Å². The number of nitrogens with two attached hydrogens (primary N) is 1. The van der Waals surface area contributed by atoms with Crippen LogP contribution in [0.2, 0.25) is 0 Å². The summed E-state index contributed by atoms with van der Waals surface area (Å²) in [6.07, 6.45) is 0.989. The van der Waals surface area contributed by atoms with Crippen molar-refractivity contribution in [3.05, 3.63) is 34.6 Å². The van der Waals surface area contributed by atoms with Gasteiger partial charge in [0.05, 0.1) is 17.1 Å². The van der Waals surface area contributed by atoms with Crippen LogP contribution in [0, 0.1) is 5.41 Å². The molecule has 23 heavy (non-hydrogen) atoms. The van der Waals surface area contributed by atoms with Crippen molar-refractivity contribution in [2.24, 2.45) is 5.41 Å². The zero-order valence-electron chi connectivity index (χ0n) is 14.0. The van der Waals surface area contributed by atoms with E-state index in [1.165, 1.54) is 0 Å². The summed E-state index contributed by atoms with van der Waals surface area (Å²) in [5.41, 5.74) is 7.39. The number of hydrogen-bond donors (Lipinski definition) is 2. The maximum absolute atomic E-state index is 12.7. The van der Waals surface area contributed by atoms with E-state index in [4.69, 9.17) is 5.73 Å². The normalized spacial score (nSPS) is 19.3. The lowest BCUT2D eigenvalue weighted by atomic mass is 9.87. The van der Waals surface area contributed by atoms with Crippen LogP contribution in [-0.2, 0) is 0 Å². The van der Waals surface area contributed by atoms with Crippen LogP contribution in [0.15, 0.2) is 29.1 Å². The number of benzene rings is 1. The summed E-state index contributed by atoms with van der Waals surface area (Å²) in [6, 6.07) is 7.90. The quantitative estimate of drug-likeness (QED) is 0.874. The van der Waals surface area contributed by atoms with Gasteiger partial charge in [0.15, 0.2) is 5.82 Å². The standard InChI is InChI=1S/C17H25N5O/c1-17(2,3)10-12-11-19-8-9-21(12)22-14-7-5-4-6-13(14)20-15(18)16(22)23/h4-7,12,19H,8-11H2,1-3H3,(H2,18,20). The highest BCUT2D eigenvalue weighted by atomic mass is 16.1. The van der Waals surface area contributed by atoms with Gasteiger partial charge >= 0.3 is 5.56 Å². The Hall–Kier alpha value is -2.08. The van der Waals surface area contributed by atoms with E-state index in [2.05, 4.69) is 36.1 Å². The molecule has 1 fully saturated rings. The van der Waals surface area contributed by atoms with Crippen molar-refractivity contribution in [3.63, 3.8) is 0 Å². The first kappa shape index (κ1) is 15.8. The minimum absolute atomic E-state index is 0.0525. The molecule has 0 bridgehead atoms. The lowest BCUT2D eigenvalue weighted by molar-refractivity contribution is 0.280. The molecule has 1 aliphatic heterocycles. The Bertz CT molecular complexity index is 762. The molecule has 0 radical (unpaired) electrons. The first-order valence-corrected chi connectivity index (χ1v) is 8.12. The molecule has 3 N–H and O–H groups in total. The summed E-state index contributed by atoms with van der Waals surface area (Å²) < 4.78 is 1.73. The Morgan fingerprint density at radius 3 is 2.83 bits per heavy atom. The number of para-hydroxylation sites is 2. The second-order valence-corrected chi connectivity index (χ2v) is 7.39. The molecule has 6 heteroatoms. The molecule has 0 aliphatic carbocycles. The summed E-state index contributed by atoms with van der Waals surface area (Å²) >= 11 is 0. The highest BCUT2D eigenvalue weighted by molar-refractivity contribution is 5.76. The summed E-state index contributed by atoms with van der Waals surface area (Å²) in [7, 11) is 0. The van der Waals surface area contributed by atoms with Gasteiger partial charge in [0.1, 0.15) is 0 Å². The Labute approximate surface area is 136 Å². The van der Waals surface area contributed by atoms with Gasteiger partial charge in [-0.05, 0) is 24.0 Å². The minimum Gasteiger partial charge on any atom is -0.379 e. The molecule has 1 aliphatic rings. The zero-order chi connectivity index (χ0) is 16.6. The predicted octanol–water partition coefficient (Wildman–Crippen LogP) is 1.32. The third kappa shape index (κ3) is 3.17. The van der Waals surface area contributed by atoms with Crippen LogP contribution in [0.4, 0.5) is 5.82 Å². The number of fused-ring (bicyclic) bond motifs is 1. The van der Waals surface area contributed by atoms with Crippen LogP contribution < -0.4 is 21.6 Å². The van der Waals surface area contributed by atoms with Crippen molar-refractivity contribution >= 4 is 16.9 Å². The van der Waals surface area contributed by atoms with Crippen LogP contribution in [-0.4, -0.2) is 35.3 Å². The van der Waals surface area contributed by atoms with E-state index in [0.717, 1.165) is 37.1 Å². The number of nitrogens with one attached hydrogen (secondary N) is 1. The highest BCUT2D eigenvalue weighted by Gasteiger charge is 2.29. The molecule has 2 heterocycles. The van der Waals surface area contributed by atoms with Crippen molar-refractivity contribution in [1.82, 2.24) is 15.0 Å². The number of hydrogen-bond acceptors (Lipinski definition) is 5. The second-order valence-electron chi connectivity index (χ2n) is 7.39. The summed E-state index contributed by atoms with van der Waals surface area (Å²) in [5, 5.41) is 5.59. The van der Waals surface area contributed by atoms with Crippen molar-refractivity contribution in [1.29, 1.82) is 0 Å². The molecule has 2 aromatic rings. The fourth-order valence-corrected chi connectivity index (χ4v) is 3.29. The molecule has 6 nitrogen and oxygen atoms in total. The lowest BCUT2D eigenvalue weighted by Gasteiger charge is -2.41. The van der Waals surface area contributed by atoms with Crippen LogP contribution in [0.3, 0.4) is 0 Å². The SMILES string of the molecule is CC(C)(C)CC1CNCCN1n1c(=O)c(N)nc2ccccc21. The number of nitrogen functional groups attached to an aromatic ring is 1. The Kier molecular flexibility index (Phi) is 4.02. The van der Waals surface area contributed by atoms with Crippen LogP contribution in [0.1, 0.15) is 27.2 Å². The van der Waals surface area contributed by atoms with Crippen molar-refractivity contribution < 1.29 is 0 Å². The Balaban J connectivity index is 2.13. The van der Waals surface area contributed by atoms with Gasteiger partial charge in [-0.3, -0.25) is 4.79 Å². The second kappa shape index (κ2) is 5.85. The number of rotatable bonds is 2. The third-order valence-corrected chi connectivity index (χ3v) is 4.19. The van der Waals surface area contributed by atoms with Gasteiger partial charge in [-0.15, -0.1) is 0 Å². The zero-order valence-corrected chi connectivity index (χ0v) is 14.0. The maximum atomic E-state index is 12.7. The van der Waals surface area contributed by atoms with Gasteiger partial charge < -0.3 is 16.1 Å². The smallest absolute Gasteiger partial charge is 0.312 e. The monoisotopic (exact) mass is 315 g/mol. The molecule has 3 rings (SSSR count). The van der Waals surface area contributed by atoms with Crippen molar-refractivity contribution in [2.45, 2.75) is 33.2 Å². The molecule has 0 spiro atoms. The summed E-state index contributed by atoms with van der Waals surface area (Å²) in [4.78, 5) is 16.9. The Morgan fingerprint density at radius 2 is 2.09 bits per heavy atom. The number of aromatic nitrogens is 2. The molecule has 0 amide bonds. The largest absolute Gasteiger partial charge is 0.379 e. The molecule has 1 unspecified atom stereocenters. The topological polar surface area (TPSA) is 76.2 Å². The molecule has 1 saturated heterocycles. The maximum Gasteiger partial charge on any atom is 0.312 e. The van der Waals surface area contributed by atoms with Gasteiger partial charge in [0.2, 0.25) is 0 Å². The number of piperazine rings is 1. The third-order valence-electron chi connectivity index (χ3n) is 4.19. The number of anilines is 1. The fraction of sp³-hybridized carbons (Fsp3) is 0.529. The Morgan fingerprint density at radius 1 is 1.35 bits per heavy atom. The van der Waals surface area contributed by atoms with E-state index in [-0.39, 0.29) is 22.8 Å². The van der Waals surface area contributed by atoms with E-state index in [1.54, 1.807) is 4.68 Å². The van der Waals surface area contributed by atoms with Gasteiger partial charge in [0, 0.05) is 19.6 Å². The predicted molar refractivity (Wildman–Crippen MR) is 94.2 cm³/mol. The van der Waals surface area contributed by atoms with E-state index >= 15 is 0 Å². The molecule has 1 aromatic heterocycles. The molecule has 1 atom stereocenters. The molecular weight excluding hydrogens is 290 g/mol. The van der Waals surface area contributed by atoms with Gasteiger partial charge in [0.25, 0.3) is 0 Å². The average molecular weight is 315 g/mol. The van der Waals surface area contributed by atoms with Gasteiger partial charge in [-0.2, -0.15) is 0 Å². The molecule has 0 saturated carbocycles. The molecule has 124 valence electrons. The van der Waals surface area contributed by atoms with Gasteiger partial charge in [-0.25, -0.2) is 9.66 Å². The van der Waals surface area contributed by atoms with Gasteiger partial charge in [-0.1, -0.05) is 32.9 Å². The van der Waals surface area contributed by atoms with Crippen LogP contribution >= 0.6 is 0 Å².